The Labute approximate surface area is 137 Å². The van der Waals surface area contributed by atoms with E-state index in [4.69, 9.17) is 10.8 Å². The maximum atomic E-state index is 11.0. The van der Waals surface area contributed by atoms with Crippen LogP contribution in [0.1, 0.15) is 5.56 Å². The summed E-state index contributed by atoms with van der Waals surface area (Å²) >= 11 is 0. The van der Waals surface area contributed by atoms with E-state index >= 15 is 0 Å². The van der Waals surface area contributed by atoms with Gasteiger partial charge in [-0.2, -0.15) is 5.10 Å². The highest BCUT2D eigenvalue weighted by Gasteiger charge is 2.16. The number of H-pyrrole nitrogens is 2. The first-order valence-corrected chi connectivity index (χ1v) is 7.64. The molecule has 0 fully saturated rings. The number of aromatic amines is 2. The Bertz CT molecular complexity index is 1050. The number of aliphatic carboxylic acids is 1. The molecule has 0 amide bonds. The number of nitrogens with one attached hydrogen (secondary N) is 2. The maximum absolute atomic E-state index is 11.0. The van der Waals surface area contributed by atoms with Gasteiger partial charge in [0.2, 0.25) is 0 Å². The van der Waals surface area contributed by atoms with Gasteiger partial charge in [0.05, 0.1) is 17.2 Å². The van der Waals surface area contributed by atoms with Crippen LogP contribution in [0.3, 0.4) is 0 Å². The van der Waals surface area contributed by atoms with Crippen molar-refractivity contribution in [2.75, 3.05) is 0 Å². The molecule has 0 radical (unpaired) electrons. The molecular formula is C18H16N4O2. The van der Waals surface area contributed by atoms with Crippen LogP contribution in [0, 0.1) is 0 Å². The van der Waals surface area contributed by atoms with Crippen molar-refractivity contribution in [3.05, 3.63) is 54.4 Å². The van der Waals surface area contributed by atoms with Crippen LogP contribution in [0.25, 0.3) is 32.9 Å². The van der Waals surface area contributed by atoms with Gasteiger partial charge in [-0.05, 0) is 23.3 Å². The molecule has 0 aliphatic rings. The summed E-state index contributed by atoms with van der Waals surface area (Å²) in [5.41, 5.74) is 10.7. The fraction of sp³-hybridized carbons (Fsp3) is 0.111. The van der Waals surface area contributed by atoms with Crippen molar-refractivity contribution < 1.29 is 9.90 Å². The second-order valence-corrected chi connectivity index (χ2v) is 5.86. The second kappa shape index (κ2) is 5.50. The Morgan fingerprint density at radius 2 is 2.17 bits per heavy atom. The molecular weight excluding hydrogens is 304 g/mol. The van der Waals surface area contributed by atoms with E-state index < -0.39 is 12.0 Å². The molecule has 0 aliphatic carbocycles. The number of hydrogen-bond acceptors (Lipinski definition) is 3. The number of carboxylic acid groups (broad SMARTS) is 1. The standard InChI is InChI=1S/C18H16N4O2/c19-15(18(23)24)7-11-8-20-17-13(2-1-3-14(11)17)10-4-5-16-12(6-10)9-21-22-16/h1-6,8-9,15,20H,7,19H2,(H,21,22)(H,23,24)/t15-/m0/s1. The molecule has 2 heterocycles. The highest BCUT2D eigenvalue weighted by Crippen LogP contribution is 2.31. The molecule has 0 spiro atoms. The fourth-order valence-corrected chi connectivity index (χ4v) is 3.06. The summed E-state index contributed by atoms with van der Waals surface area (Å²) in [7, 11) is 0. The van der Waals surface area contributed by atoms with Crippen LogP contribution in [-0.2, 0) is 11.2 Å². The minimum atomic E-state index is -0.995. The molecule has 4 aromatic rings. The van der Waals surface area contributed by atoms with Crippen molar-refractivity contribution in [1.29, 1.82) is 0 Å². The number of aromatic nitrogens is 3. The summed E-state index contributed by atoms with van der Waals surface area (Å²) in [6.07, 6.45) is 3.93. The van der Waals surface area contributed by atoms with E-state index in [1.807, 2.05) is 36.5 Å². The van der Waals surface area contributed by atoms with Crippen LogP contribution in [0.4, 0.5) is 0 Å². The quantitative estimate of drug-likeness (QED) is 0.463. The lowest BCUT2D eigenvalue weighted by molar-refractivity contribution is -0.138. The van der Waals surface area contributed by atoms with E-state index in [-0.39, 0.29) is 0 Å². The zero-order valence-electron chi connectivity index (χ0n) is 12.8. The average molecular weight is 320 g/mol. The third-order valence-electron chi connectivity index (χ3n) is 4.31. The number of nitrogens with two attached hydrogens (primary N) is 1. The van der Waals surface area contributed by atoms with Crippen LogP contribution in [0.15, 0.2) is 48.8 Å². The van der Waals surface area contributed by atoms with Gasteiger partial charge in [-0.25, -0.2) is 0 Å². The van der Waals surface area contributed by atoms with Gasteiger partial charge in [-0.3, -0.25) is 9.89 Å². The van der Waals surface area contributed by atoms with Crippen LogP contribution < -0.4 is 5.73 Å². The van der Waals surface area contributed by atoms with E-state index in [0.717, 1.165) is 38.5 Å². The van der Waals surface area contributed by atoms with E-state index in [2.05, 4.69) is 21.2 Å². The molecule has 0 aliphatic heterocycles. The van der Waals surface area contributed by atoms with Gasteiger partial charge >= 0.3 is 5.97 Å². The molecule has 0 saturated carbocycles. The normalized spacial score (nSPS) is 12.7. The summed E-state index contributed by atoms with van der Waals surface area (Å²) in [4.78, 5) is 14.3. The minimum absolute atomic E-state index is 0.291. The molecule has 2 aromatic carbocycles. The molecule has 0 bridgehead atoms. The Hall–Kier alpha value is -3.12. The van der Waals surface area contributed by atoms with Crippen molar-refractivity contribution in [1.82, 2.24) is 15.2 Å². The van der Waals surface area contributed by atoms with E-state index in [1.165, 1.54) is 0 Å². The third kappa shape index (κ3) is 2.33. The SMILES string of the molecule is N[C@@H](Cc1c[nH]c2c(-c3ccc4[nH]ncc4c3)cccc12)C(=O)O. The predicted molar refractivity (Wildman–Crippen MR) is 92.7 cm³/mol. The zero-order valence-corrected chi connectivity index (χ0v) is 12.8. The minimum Gasteiger partial charge on any atom is -0.480 e. The average Bonchev–Trinajstić information content (AvgIpc) is 3.20. The number of carboxylic acids is 1. The number of carbonyl (C=O) groups is 1. The highest BCUT2D eigenvalue weighted by molar-refractivity contribution is 5.98. The lowest BCUT2D eigenvalue weighted by Gasteiger charge is -2.07. The number of hydrogen-bond donors (Lipinski definition) is 4. The smallest absolute Gasteiger partial charge is 0.320 e. The molecule has 5 N–H and O–H groups in total. The largest absolute Gasteiger partial charge is 0.480 e. The monoisotopic (exact) mass is 320 g/mol. The molecule has 120 valence electrons. The first kappa shape index (κ1) is 14.5. The zero-order chi connectivity index (χ0) is 16.7. The molecule has 6 heteroatoms. The van der Waals surface area contributed by atoms with Crippen molar-refractivity contribution in [3.63, 3.8) is 0 Å². The maximum Gasteiger partial charge on any atom is 0.320 e. The van der Waals surface area contributed by atoms with Gasteiger partial charge in [0.25, 0.3) is 0 Å². The molecule has 0 saturated heterocycles. The topological polar surface area (TPSA) is 108 Å². The number of benzene rings is 2. The molecule has 6 nitrogen and oxygen atoms in total. The van der Waals surface area contributed by atoms with E-state index in [9.17, 15) is 4.79 Å². The van der Waals surface area contributed by atoms with Gasteiger partial charge in [0, 0.05) is 29.0 Å². The lowest BCUT2D eigenvalue weighted by Crippen LogP contribution is -2.32. The van der Waals surface area contributed by atoms with Crippen molar-refractivity contribution in [2.24, 2.45) is 5.73 Å². The fourth-order valence-electron chi connectivity index (χ4n) is 3.06. The summed E-state index contributed by atoms with van der Waals surface area (Å²) in [6.45, 7) is 0. The first-order valence-electron chi connectivity index (χ1n) is 7.64. The highest BCUT2D eigenvalue weighted by atomic mass is 16.4. The van der Waals surface area contributed by atoms with Gasteiger partial charge in [0.1, 0.15) is 6.04 Å². The first-order chi connectivity index (χ1) is 11.6. The number of rotatable bonds is 4. The van der Waals surface area contributed by atoms with Crippen molar-refractivity contribution >= 4 is 27.8 Å². The summed E-state index contributed by atoms with van der Waals surface area (Å²) in [5.74, 6) is -0.995. The predicted octanol–water partition coefficient (Wildman–Crippen LogP) is 2.67. The Morgan fingerprint density at radius 1 is 1.29 bits per heavy atom. The van der Waals surface area contributed by atoms with Crippen LogP contribution in [0.2, 0.25) is 0 Å². The van der Waals surface area contributed by atoms with E-state index in [0.29, 0.717) is 6.42 Å². The third-order valence-corrected chi connectivity index (χ3v) is 4.31. The molecule has 24 heavy (non-hydrogen) atoms. The van der Waals surface area contributed by atoms with Gasteiger partial charge < -0.3 is 15.8 Å². The molecule has 2 aromatic heterocycles. The summed E-state index contributed by atoms with van der Waals surface area (Å²) in [5, 5.41) is 18.1. The second-order valence-electron chi connectivity index (χ2n) is 5.86. The number of fused-ring (bicyclic) bond motifs is 2. The van der Waals surface area contributed by atoms with Crippen LogP contribution >= 0.6 is 0 Å². The van der Waals surface area contributed by atoms with Crippen molar-refractivity contribution in [3.8, 4) is 11.1 Å². The van der Waals surface area contributed by atoms with Crippen molar-refractivity contribution in [2.45, 2.75) is 12.5 Å². The van der Waals surface area contributed by atoms with Gasteiger partial charge in [0.15, 0.2) is 0 Å². The number of para-hydroxylation sites is 1. The molecule has 0 unspecified atom stereocenters. The molecule has 1 atom stereocenters. The van der Waals surface area contributed by atoms with E-state index in [1.54, 1.807) is 6.20 Å². The summed E-state index contributed by atoms with van der Waals surface area (Å²) in [6, 6.07) is 11.2. The summed E-state index contributed by atoms with van der Waals surface area (Å²) < 4.78 is 0. The molecule has 4 rings (SSSR count). The Morgan fingerprint density at radius 3 is 3.00 bits per heavy atom. The Kier molecular flexibility index (Phi) is 3.32. The van der Waals surface area contributed by atoms with Gasteiger partial charge in [-0.1, -0.05) is 24.3 Å². The van der Waals surface area contributed by atoms with Crippen LogP contribution in [-0.4, -0.2) is 32.3 Å². The number of nitrogens with zero attached hydrogens (tertiary/aromatic N) is 1. The lowest BCUT2D eigenvalue weighted by atomic mass is 9.99. The Balaban J connectivity index is 1.81. The van der Waals surface area contributed by atoms with Gasteiger partial charge in [-0.15, -0.1) is 0 Å². The van der Waals surface area contributed by atoms with Crippen LogP contribution in [0.5, 0.6) is 0 Å².